The number of nitrogens with one attached hydrogen (secondary N) is 1. The Morgan fingerprint density at radius 2 is 1.92 bits per heavy atom. The van der Waals surface area contributed by atoms with Gasteiger partial charge in [-0.05, 0) is 18.9 Å². The minimum absolute atomic E-state index is 0.0285. The van der Waals surface area contributed by atoms with E-state index in [9.17, 15) is 9.59 Å². The highest BCUT2D eigenvalue weighted by Crippen LogP contribution is 2.33. The van der Waals surface area contributed by atoms with E-state index in [-0.39, 0.29) is 29.6 Å². The Balaban J connectivity index is 2.12. The normalized spacial score (nSPS) is 20.1. The number of methoxy groups -OCH3 is 1. The molecule has 2 unspecified atom stereocenters. The van der Waals surface area contributed by atoms with Crippen molar-refractivity contribution in [3.05, 3.63) is 35.4 Å². The van der Waals surface area contributed by atoms with Crippen LogP contribution in [0.1, 0.15) is 37.3 Å². The van der Waals surface area contributed by atoms with Crippen LogP contribution in [-0.4, -0.2) is 50.1 Å². The van der Waals surface area contributed by atoms with Gasteiger partial charge < -0.3 is 15.0 Å². The number of carbonyl (C=O) groups excluding carboxylic acids is 2. The molecule has 0 bridgehead atoms. The number of ether oxygens (including phenoxy) is 1. The Morgan fingerprint density at radius 1 is 1.24 bits per heavy atom. The second-order valence-electron chi connectivity index (χ2n) is 7.16. The molecule has 2 amide bonds. The zero-order valence-corrected chi connectivity index (χ0v) is 15.7. The van der Waals surface area contributed by atoms with Crippen LogP contribution < -0.4 is 5.32 Å². The number of likely N-dealkylation sites (tertiary alicyclic amines) is 1. The van der Waals surface area contributed by atoms with Crippen LogP contribution in [0.3, 0.4) is 0 Å². The highest BCUT2D eigenvalue weighted by molar-refractivity contribution is 5.84. The number of hydrogen-bond donors (Lipinski definition) is 1. The van der Waals surface area contributed by atoms with Crippen molar-refractivity contribution in [1.82, 2.24) is 10.2 Å². The van der Waals surface area contributed by atoms with Crippen molar-refractivity contribution in [3.8, 4) is 0 Å². The van der Waals surface area contributed by atoms with Gasteiger partial charge in [0.1, 0.15) is 0 Å². The number of aryl methyl sites for hydroxylation is 1. The van der Waals surface area contributed by atoms with Gasteiger partial charge in [-0.15, -0.1) is 0 Å². The Hall–Kier alpha value is -1.88. The fraction of sp³-hybridized carbons (Fsp3) is 0.600. The number of benzene rings is 1. The lowest BCUT2D eigenvalue weighted by Gasteiger charge is -2.18. The van der Waals surface area contributed by atoms with Gasteiger partial charge in [0.25, 0.3) is 0 Å². The molecule has 1 aromatic rings. The van der Waals surface area contributed by atoms with Crippen LogP contribution in [0.4, 0.5) is 0 Å². The van der Waals surface area contributed by atoms with E-state index in [0.29, 0.717) is 26.2 Å². The molecule has 0 aliphatic carbocycles. The molecule has 1 heterocycles. The summed E-state index contributed by atoms with van der Waals surface area (Å²) in [6.07, 6.45) is 0.790. The predicted octanol–water partition coefficient (Wildman–Crippen LogP) is 2.35. The van der Waals surface area contributed by atoms with Crippen LogP contribution in [0.25, 0.3) is 0 Å². The average Bonchev–Trinajstić information content (AvgIpc) is 3.03. The monoisotopic (exact) mass is 346 g/mol. The SMILES string of the molecule is COCCCNC(=O)C1CN(C(=O)C(C)C)CC1c1ccc(C)cc1. The first-order valence-electron chi connectivity index (χ1n) is 9.06. The van der Waals surface area contributed by atoms with Gasteiger partial charge in [-0.2, -0.15) is 0 Å². The van der Waals surface area contributed by atoms with Gasteiger partial charge in [0.05, 0.1) is 5.92 Å². The van der Waals surface area contributed by atoms with Gasteiger partial charge in [0.15, 0.2) is 0 Å². The van der Waals surface area contributed by atoms with Crippen LogP contribution in [-0.2, 0) is 14.3 Å². The van der Waals surface area contributed by atoms with Gasteiger partial charge in [-0.1, -0.05) is 43.7 Å². The fourth-order valence-corrected chi connectivity index (χ4v) is 3.33. The van der Waals surface area contributed by atoms with Crippen LogP contribution in [0.2, 0.25) is 0 Å². The maximum absolute atomic E-state index is 12.7. The summed E-state index contributed by atoms with van der Waals surface area (Å²) in [5.41, 5.74) is 2.32. The fourth-order valence-electron chi connectivity index (χ4n) is 3.33. The highest BCUT2D eigenvalue weighted by atomic mass is 16.5. The molecule has 0 saturated carbocycles. The number of amides is 2. The molecular weight excluding hydrogens is 316 g/mol. The first-order chi connectivity index (χ1) is 11.9. The number of carbonyl (C=O) groups is 2. The Kier molecular flexibility index (Phi) is 7.00. The predicted molar refractivity (Wildman–Crippen MR) is 98.3 cm³/mol. The third-order valence-corrected chi connectivity index (χ3v) is 4.79. The molecule has 0 aromatic heterocycles. The van der Waals surface area contributed by atoms with Crippen molar-refractivity contribution < 1.29 is 14.3 Å². The maximum atomic E-state index is 12.7. The first-order valence-corrected chi connectivity index (χ1v) is 9.06. The maximum Gasteiger partial charge on any atom is 0.225 e. The lowest BCUT2D eigenvalue weighted by Crippen LogP contribution is -2.37. The Bertz CT molecular complexity index is 583. The summed E-state index contributed by atoms with van der Waals surface area (Å²) in [5, 5.41) is 3.00. The van der Waals surface area contributed by atoms with Gasteiger partial charge in [-0.3, -0.25) is 9.59 Å². The molecular formula is C20H30N2O3. The van der Waals surface area contributed by atoms with E-state index in [1.807, 2.05) is 25.7 Å². The molecule has 2 atom stereocenters. The summed E-state index contributed by atoms with van der Waals surface area (Å²) >= 11 is 0. The lowest BCUT2D eigenvalue weighted by molar-refractivity contribution is -0.133. The number of rotatable bonds is 7. The third kappa shape index (κ3) is 5.05. The van der Waals surface area contributed by atoms with Crippen molar-refractivity contribution >= 4 is 11.8 Å². The molecule has 5 nitrogen and oxygen atoms in total. The van der Waals surface area contributed by atoms with Crippen molar-refractivity contribution in [1.29, 1.82) is 0 Å². The van der Waals surface area contributed by atoms with Gasteiger partial charge >= 0.3 is 0 Å². The van der Waals surface area contributed by atoms with E-state index in [1.165, 1.54) is 5.56 Å². The molecule has 138 valence electrons. The second-order valence-corrected chi connectivity index (χ2v) is 7.16. The van der Waals surface area contributed by atoms with E-state index in [1.54, 1.807) is 7.11 Å². The molecule has 1 saturated heterocycles. The van der Waals surface area contributed by atoms with Gasteiger partial charge in [-0.25, -0.2) is 0 Å². The van der Waals surface area contributed by atoms with Gasteiger partial charge in [0, 0.05) is 45.2 Å². The number of hydrogen-bond acceptors (Lipinski definition) is 3. The summed E-state index contributed by atoms with van der Waals surface area (Å²) in [4.78, 5) is 27.0. The largest absolute Gasteiger partial charge is 0.385 e. The Morgan fingerprint density at radius 3 is 2.52 bits per heavy atom. The third-order valence-electron chi connectivity index (χ3n) is 4.79. The van der Waals surface area contributed by atoms with E-state index in [0.717, 1.165) is 12.0 Å². The van der Waals surface area contributed by atoms with Crippen LogP contribution in [0, 0.1) is 18.8 Å². The molecule has 1 aliphatic heterocycles. The summed E-state index contributed by atoms with van der Waals surface area (Å²) in [6, 6.07) is 8.29. The van der Waals surface area contributed by atoms with E-state index < -0.39 is 0 Å². The average molecular weight is 346 g/mol. The quantitative estimate of drug-likeness (QED) is 0.771. The highest BCUT2D eigenvalue weighted by Gasteiger charge is 2.40. The van der Waals surface area contributed by atoms with Gasteiger partial charge in [0.2, 0.25) is 11.8 Å². The summed E-state index contributed by atoms with van der Waals surface area (Å²) in [7, 11) is 1.65. The van der Waals surface area contributed by atoms with Crippen molar-refractivity contribution in [3.63, 3.8) is 0 Å². The zero-order chi connectivity index (χ0) is 18.4. The molecule has 5 heteroatoms. The van der Waals surface area contributed by atoms with Crippen molar-refractivity contribution in [2.24, 2.45) is 11.8 Å². The minimum atomic E-state index is -0.201. The standard InChI is InChI=1S/C20H30N2O3/c1-14(2)20(24)22-12-17(16-8-6-15(3)7-9-16)18(13-22)19(23)21-10-5-11-25-4/h6-9,14,17-18H,5,10-13H2,1-4H3,(H,21,23). The van der Waals surface area contributed by atoms with E-state index >= 15 is 0 Å². The van der Waals surface area contributed by atoms with Crippen LogP contribution in [0.15, 0.2) is 24.3 Å². The van der Waals surface area contributed by atoms with Crippen LogP contribution in [0.5, 0.6) is 0 Å². The topological polar surface area (TPSA) is 58.6 Å². The molecule has 1 aliphatic rings. The molecule has 1 aromatic carbocycles. The molecule has 1 fully saturated rings. The molecule has 25 heavy (non-hydrogen) atoms. The lowest BCUT2D eigenvalue weighted by atomic mass is 9.88. The second kappa shape index (κ2) is 8.99. The minimum Gasteiger partial charge on any atom is -0.385 e. The van der Waals surface area contributed by atoms with Crippen molar-refractivity contribution in [2.45, 2.75) is 33.1 Å². The summed E-state index contributed by atoms with van der Waals surface area (Å²) < 4.78 is 5.02. The molecule has 1 N–H and O–H groups in total. The summed E-state index contributed by atoms with van der Waals surface area (Å²) in [5.74, 6) is -0.0617. The van der Waals surface area contributed by atoms with E-state index in [4.69, 9.17) is 4.74 Å². The summed E-state index contributed by atoms with van der Waals surface area (Å²) in [6.45, 7) is 8.18. The number of nitrogens with zero attached hydrogens (tertiary/aromatic N) is 1. The van der Waals surface area contributed by atoms with Crippen molar-refractivity contribution in [2.75, 3.05) is 33.4 Å². The van der Waals surface area contributed by atoms with Crippen LogP contribution >= 0.6 is 0 Å². The molecule has 0 spiro atoms. The van der Waals surface area contributed by atoms with E-state index in [2.05, 4.69) is 29.6 Å². The Labute approximate surface area is 150 Å². The first kappa shape index (κ1) is 19.4. The molecule has 0 radical (unpaired) electrons. The molecule has 2 rings (SSSR count). The smallest absolute Gasteiger partial charge is 0.225 e. The zero-order valence-electron chi connectivity index (χ0n) is 15.7.